The second-order valence-corrected chi connectivity index (χ2v) is 7.04. The maximum absolute atomic E-state index is 11.0. The van der Waals surface area contributed by atoms with Gasteiger partial charge in [-0.25, -0.2) is 4.98 Å². The summed E-state index contributed by atoms with van der Waals surface area (Å²) in [6.45, 7) is 4.83. The number of benzene rings is 1. The van der Waals surface area contributed by atoms with Gasteiger partial charge in [0.1, 0.15) is 10.8 Å². The Morgan fingerprint density at radius 3 is 3.04 bits per heavy atom. The molecule has 1 aliphatic rings. The maximum atomic E-state index is 11.0. The average Bonchev–Trinajstić information content (AvgIpc) is 2.88. The number of ether oxygens (including phenoxy) is 1. The molecule has 6 nitrogen and oxygen atoms in total. The molecule has 0 amide bonds. The van der Waals surface area contributed by atoms with Crippen LogP contribution in [0.4, 0.5) is 0 Å². The van der Waals surface area contributed by atoms with Crippen LogP contribution in [0, 0.1) is 0 Å². The van der Waals surface area contributed by atoms with Gasteiger partial charge < -0.3 is 15.2 Å². The molecule has 1 aromatic carbocycles. The Bertz CT molecular complexity index is 746. The first kappa shape index (κ1) is 18.0. The third-order valence-corrected chi connectivity index (χ3v) is 5.24. The first-order valence-electron chi connectivity index (χ1n) is 8.41. The van der Waals surface area contributed by atoms with Crippen LogP contribution in [0.25, 0.3) is 10.9 Å². The Kier molecular flexibility index (Phi) is 6.12. The second-order valence-electron chi connectivity index (χ2n) is 6.07. The number of rotatable bonds is 6. The summed E-state index contributed by atoms with van der Waals surface area (Å²) in [5.74, 6) is -0.0137. The summed E-state index contributed by atoms with van der Waals surface area (Å²) in [6.07, 6.45) is 1.12. The van der Waals surface area contributed by atoms with Gasteiger partial charge in [-0.05, 0) is 49.3 Å². The van der Waals surface area contributed by atoms with Crippen LogP contribution in [0.1, 0.15) is 12.0 Å². The molecule has 25 heavy (non-hydrogen) atoms. The third-order valence-electron chi connectivity index (χ3n) is 4.22. The van der Waals surface area contributed by atoms with E-state index in [2.05, 4.69) is 16.3 Å². The highest BCUT2D eigenvalue weighted by Crippen LogP contribution is 2.28. The normalized spacial score (nSPS) is 15.9. The van der Waals surface area contributed by atoms with E-state index < -0.39 is 5.97 Å². The smallest absolute Gasteiger partial charge is 0.313 e. The Morgan fingerprint density at radius 2 is 2.24 bits per heavy atom. The summed E-state index contributed by atoms with van der Waals surface area (Å²) >= 11 is 1.29. The van der Waals surface area contributed by atoms with Gasteiger partial charge in [0.15, 0.2) is 0 Å². The van der Waals surface area contributed by atoms with Crippen molar-refractivity contribution in [3.63, 3.8) is 0 Å². The summed E-state index contributed by atoms with van der Waals surface area (Å²) in [5.41, 5.74) is 1.93. The number of carboxylic acid groups (broad SMARTS) is 1. The zero-order chi connectivity index (χ0) is 17.6. The molecule has 2 aromatic rings. The van der Waals surface area contributed by atoms with E-state index in [1.165, 1.54) is 11.8 Å². The number of fused-ring (bicyclic) bond motifs is 1. The van der Waals surface area contributed by atoms with Gasteiger partial charge in [-0.3, -0.25) is 9.69 Å². The SMILES string of the molecule is COc1ccc2nc(SCC(=O)O)c(CN3CCCNCC3)cc2c1. The average molecular weight is 361 g/mol. The van der Waals surface area contributed by atoms with E-state index in [0.717, 1.165) is 66.4 Å². The molecule has 1 aliphatic heterocycles. The summed E-state index contributed by atoms with van der Waals surface area (Å²) in [4.78, 5) is 18.1. The quantitative estimate of drug-likeness (QED) is 0.764. The van der Waals surface area contributed by atoms with Crippen molar-refractivity contribution in [3.05, 3.63) is 29.8 Å². The first-order valence-corrected chi connectivity index (χ1v) is 9.39. The van der Waals surface area contributed by atoms with Crippen LogP contribution in [0.3, 0.4) is 0 Å². The van der Waals surface area contributed by atoms with Crippen LogP contribution in [0.2, 0.25) is 0 Å². The van der Waals surface area contributed by atoms with Gasteiger partial charge in [0.25, 0.3) is 0 Å². The Morgan fingerprint density at radius 1 is 1.36 bits per heavy atom. The lowest BCUT2D eigenvalue weighted by Crippen LogP contribution is -2.28. The molecular weight excluding hydrogens is 338 g/mol. The second kappa shape index (κ2) is 8.51. The molecule has 1 saturated heterocycles. The van der Waals surface area contributed by atoms with Gasteiger partial charge in [-0.1, -0.05) is 11.8 Å². The molecule has 3 rings (SSSR count). The van der Waals surface area contributed by atoms with Gasteiger partial charge >= 0.3 is 5.97 Å². The largest absolute Gasteiger partial charge is 0.497 e. The molecule has 1 aromatic heterocycles. The van der Waals surface area contributed by atoms with E-state index in [1.54, 1.807) is 7.11 Å². The number of hydrogen-bond acceptors (Lipinski definition) is 6. The topological polar surface area (TPSA) is 74.7 Å². The van der Waals surface area contributed by atoms with Crippen LogP contribution in [0.5, 0.6) is 5.75 Å². The standard InChI is InChI=1S/C18H23N3O3S/c1-24-15-3-4-16-13(10-15)9-14(18(20-16)25-12-17(22)23)11-21-7-2-5-19-6-8-21/h3-4,9-10,19H,2,5-8,11-12H2,1H3,(H,22,23). The predicted octanol–water partition coefficient (Wildman–Crippen LogP) is 2.22. The van der Waals surface area contributed by atoms with Crippen molar-refractivity contribution in [2.24, 2.45) is 0 Å². The monoisotopic (exact) mass is 361 g/mol. The minimum Gasteiger partial charge on any atom is -0.497 e. The van der Waals surface area contributed by atoms with Gasteiger partial charge in [0.2, 0.25) is 0 Å². The summed E-state index contributed by atoms with van der Waals surface area (Å²) in [5, 5.41) is 14.2. The van der Waals surface area contributed by atoms with Crippen LogP contribution in [0.15, 0.2) is 29.3 Å². The highest BCUT2D eigenvalue weighted by Gasteiger charge is 2.15. The number of nitrogens with zero attached hydrogens (tertiary/aromatic N) is 2. The fourth-order valence-electron chi connectivity index (χ4n) is 2.98. The summed E-state index contributed by atoms with van der Waals surface area (Å²) < 4.78 is 5.31. The lowest BCUT2D eigenvalue weighted by molar-refractivity contribution is -0.133. The summed E-state index contributed by atoms with van der Waals surface area (Å²) in [7, 11) is 1.65. The van der Waals surface area contributed by atoms with E-state index in [1.807, 2.05) is 18.2 Å². The molecule has 0 saturated carbocycles. The molecule has 7 heteroatoms. The molecule has 2 N–H and O–H groups in total. The van der Waals surface area contributed by atoms with E-state index in [4.69, 9.17) is 14.8 Å². The lowest BCUT2D eigenvalue weighted by Gasteiger charge is -2.21. The Hall–Kier alpha value is -1.83. The Balaban J connectivity index is 1.92. The molecular formula is C18H23N3O3S. The zero-order valence-electron chi connectivity index (χ0n) is 14.3. The molecule has 1 fully saturated rings. The summed E-state index contributed by atoms with van der Waals surface area (Å²) in [6, 6.07) is 7.88. The number of thioether (sulfide) groups is 1. The zero-order valence-corrected chi connectivity index (χ0v) is 15.1. The van der Waals surface area contributed by atoms with Crippen molar-refractivity contribution < 1.29 is 14.6 Å². The van der Waals surface area contributed by atoms with Crippen LogP contribution in [-0.4, -0.2) is 60.0 Å². The van der Waals surface area contributed by atoms with Crippen molar-refractivity contribution in [1.82, 2.24) is 15.2 Å². The Labute approximate surface area is 151 Å². The van der Waals surface area contributed by atoms with E-state index in [9.17, 15) is 4.79 Å². The molecule has 2 heterocycles. The number of aliphatic carboxylic acids is 1. The molecule has 0 spiro atoms. The van der Waals surface area contributed by atoms with E-state index in [0.29, 0.717) is 0 Å². The van der Waals surface area contributed by atoms with Crippen LogP contribution in [-0.2, 0) is 11.3 Å². The number of carbonyl (C=O) groups is 1. The molecule has 0 aliphatic carbocycles. The van der Waals surface area contributed by atoms with Gasteiger partial charge in [0, 0.05) is 25.0 Å². The van der Waals surface area contributed by atoms with Gasteiger partial charge in [-0.2, -0.15) is 0 Å². The van der Waals surface area contributed by atoms with E-state index >= 15 is 0 Å². The number of nitrogens with one attached hydrogen (secondary N) is 1. The van der Waals surface area contributed by atoms with Gasteiger partial charge in [0.05, 0.1) is 18.4 Å². The lowest BCUT2D eigenvalue weighted by atomic mass is 10.1. The van der Waals surface area contributed by atoms with Gasteiger partial charge in [-0.15, -0.1) is 0 Å². The van der Waals surface area contributed by atoms with Crippen molar-refractivity contribution >= 4 is 28.6 Å². The number of aromatic nitrogens is 1. The number of methoxy groups -OCH3 is 1. The van der Waals surface area contributed by atoms with Crippen molar-refractivity contribution in [3.8, 4) is 5.75 Å². The molecule has 0 atom stereocenters. The predicted molar refractivity (Wildman–Crippen MR) is 99.4 cm³/mol. The van der Waals surface area contributed by atoms with E-state index in [-0.39, 0.29) is 5.75 Å². The number of pyridine rings is 1. The van der Waals surface area contributed by atoms with Crippen LogP contribution < -0.4 is 10.1 Å². The maximum Gasteiger partial charge on any atom is 0.313 e. The van der Waals surface area contributed by atoms with Crippen LogP contribution >= 0.6 is 11.8 Å². The van der Waals surface area contributed by atoms with Crippen molar-refractivity contribution in [1.29, 1.82) is 0 Å². The van der Waals surface area contributed by atoms with Crippen molar-refractivity contribution in [2.45, 2.75) is 18.0 Å². The minimum absolute atomic E-state index is 0.0171. The molecule has 0 unspecified atom stereocenters. The highest BCUT2D eigenvalue weighted by molar-refractivity contribution is 7.99. The fourth-order valence-corrected chi connectivity index (χ4v) is 3.71. The third kappa shape index (κ3) is 4.84. The molecule has 0 radical (unpaired) electrons. The van der Waals surface area contributed by atoms with Crippen molar-refractivity contribution in [2.75, 3.05) is 39.0 Å². The fraction of sp³-hybridized carbons (Fsp3) is 0.444. The molecule has 134 valence electrons. The minimum atomic E-state index is -0.827. The molecule has 0 bridgehead atoms. The highest BCUT2D eigenvalue weighted by atomic mass is 32.2. The number of hydrogen-bond donors (Lipinski definition) is 2. The number of carboxylic acids is 1. The first-order chi connectivity index (χ1) is 12.2.